The highest BCUT2D eigenvalue weighted by atomic mass is 19.1. The minimum atomic E-state index is -0.576. The lowest BCUT2D eigenvalue weighted by molar-refractivity contribution is 0.388. The van der Waals surface area contributed by atoms with Gasteiger partial charge in [-0.05, 0) is 36.6 Å². The molecule has 9 heteroatoms. The fourth-order valence-corrected chi connectivity index (χ4v) is 3.54. The summed E-state index contributed by atoms with van der Waals surface area (Å²) in [6.45, 7) is 0.979. The van der Waals surface area contributed by atoms with Crippen molar-refractivity contribution in [1.29, 1.82) is 5.26 Å². The van der Waals surface area contributed by atoms with Crippen LogP contribution in [-0.4, -0.2) is 35.4 Å². The van der Waals surface area contributed by atoms with E-state index >= 15 is 0 Å². The number of hydrogen-bond donors (Lipinski definition) is 1. The molecule has 1 saturated heterocycles. The highest BCUT2D eigenvalue weighted by Gasteiger charge is 2.27. The molecule has 1 aromatic heterocycles. The first-order valence-electron chi connectivity index (χ1n) is 8.94. The van der Waals surface area contributed by atoms with E-state index in [4.69, 9.17) is 10.5 Å². The average molecular weight is 387 g/mol. The Morgan fingerprint density at radius 1 is 1.39 bits per heavy atom. The smallest absolute Gasteiger partial charge is 0.332 e. The average Bonchev–Trinajstić information content (AvgIpc) is 2.68. The molecule has 8 nitrogen and oxygen atoms in total. The molecule has 2 aromatic rings. The lowest BCUT2D eigenvalue weighted by Gasteiger charge is -2.34. The Bertz CT molecular complexity index is 1050. The van der Waals surface area contributed by atoms with Crippen molar-refractivity contribution in [2.24, 2.45) is 12.8 Å². The van der Waals surface area contributed by atoms with Gasteiger partial charge in [-0.3, -0.25) is 13.9 Å². The Morgan fingerprint density at radius 3 is 2.79 bits per heavy atom. The maximum absolute atomic E-state index is 13.8. The third-order valence-corrected chi connectivity index (χ3v) is 4.95. The second kappa shape index (κ2) is 7.86. The van der Waals surface area contributed by atoms with Crippen molar-refractivity contribution in [2.45, 2.75) is 25.4 Å². The second-order valence-electron chi connectivity index (χ2n) is 6.85. The fourth-order valence-electron chi connectivity index (χ4n) is 3.54. The van der Waals surface area contributed by atoms with Gasteiger partial charge in [0.05, 0.1) is 25.3 Å². The van der Waals surface area contributed by atoms with Crippen molar-refractivity contribution in [3.63, 3.8) is 0 Å². The predicted octanol–water partition coefficient (Wildman–Crippen LogP) is 0.542. The molecule has 3 rings (SSSR count). The molecule has 0 radical (unpaired) electrons. The van der Waals surface area contributed by atoms with Crippen LogP contribution in [0.15, 0.2) is 27.8 Å². The van der Waals surface area contributed by atoms with Crippen LogP contribution in [-0.2, 0) is 13.6 Å². The summed E-state index contributed by atoms with van der Waals surface area (Å²) >= 11 is 0. The van der Waals surface area contributed by atoms with Crippen molar-refractivity contribution in [3.05, 3.63) is 56.0 Å². The number of methoxy groups -OCH3 is 1. The topological polar surface area (TPSA) is 106 Å². The Morgan fingerprint density at radius 2 is 2.14 bits per heavy atom. The van der Waals surface area contributed by atoms with Crippen LogP contribution in [0.25, 0.3) is 0 Å². The minimum Gasteiger partial charge on any atom is -0.489 e. The second-order valence-corrected chi connectivity index (χ2v) is 6.85. The van der Waals surface area contributed by atoms with Crippen molar-refractivity contribution in [2.75, 3.05) is 25.1 Å². The Kier molecular flexibility index (Phi) is 5.51. The Balaban J connectivity index is 2.24. The SMILES string of the molecule is COc1c(N2CCCC(N)C2)n(Cc2cc(F)ccc2C#N)c(=O)n(C)c1=O. The van der Waals surface area contributed by atoms with Gasteiger partial charge in [-0.1, -0.05) is 0 Å². The van der Waals surface area contributed by atoms with E-state index in [1.165, 1.54) is 36.9 Å². The van der Waals surface area contributed by atoms with Crippen LogP contribution in [0.4, 0.5) is 10.2 Å². The summed E-state index contributed by atoms with van der Waals surface area (Å²) in [5.41, 5.74) is 5.54. The van der Waals surface area contributed by atoms with E-state index in [9.17, 15) is 19.2 Å². The molecular formula is C19H22FN5O3. The molecule has 0 amide bonds. The van der Waals surface area contributed by atoms with E-state index in [0.29, 0.717) is 24.5 Å². The van der Waals surface area contributed by atoms with Crippen LogP contribution in [0.5, 0.6) is 5.75 Å². The zero-order valence-corrected chi connectivity index (χ0v) is 15.8. The summed E-state index contributed by atoms with van der Waals surface area (Å²) in [6, 6.07) is 5.68. The molecule has 1 fully saturated rings. The van der Waals surface area contributed by atoms with Gasteiger partial charge in [-0.15, -0.1) is 0 Å². The van der Waals surface area contributed by atoms with E-state index in [1.807, 2.05) is 11.0 Å². The first-order chi connectivity index (χ1) is 13.4. The van der Waals surface area contributed by atoms with Gasteiger partial charge in [-0.25, -0.2) is 9.18 Å². The molecule has 1 aliphatic heterocycles. The summed E-state index contributed by atoms with van der Waals surface area (Å²) in [6.07, 6.45) is 1.65. The summed E-state index contributed by atoms with van der Waals surface area (Å²) in [4.78, 5) is 27.4. The highest BCUT2D eigenvalue weighted by Crippen LogP contribution is 2.27. The summed E-state index contributed by atoms with van der Waals surface area (Å²) in [5.74, 6) is -0.189. The molecule has 0 spiro atoms. The van der Waals surface area contributed by atoms with E-state index in [0.717, 1.165) is 17.4 Å². The number of nitriles is 1. The number of halogens is 1. The zero-order chi connectivity index (χ0) is 20.4. The van der Waals surface area contributed by atoms with Gasteiger partial charge in [-0.2, -0.15) is 5.26 Å². The molecule has 1 unspecified atom stereocenters. The number of hydrogen-bond acceptors (Lipinski definition) is 6. The Hall–Kier alpha value is -3.12. The van der Waals surface area contributed by atoms with E-state index < -0.39 is 17.1 Å². The first-order valence-corrected chi connectivity index (χ1v) is 8.94. The standard InChI is InChI=1S/C19H22FN5O3/c1-23-18(26)16(28-2)17(24-7-3-4-15(22)11-24)25(19(23)27)10-13-8-14(20)6-5-12(13)9-21/h5-6,8,15H,3-4,7,10-11,22H2,1-2H3. The number of anilines is 1. The predicted molar refractivity (Wildman–Crippen MR) is 102 cm³/mol. The van der Waals surface area contributed by atoms with Gasteiger partial charge in [0, 0.05) is 26.2 Å². The van der Waals surface area contributed by atoms with E-state index in [-0.39, 0.29) is 23.9 Å². The molecule has 1 aromatic carbocycles. The molecule has 0 aliphatic carbocycles. The number of aromatic nitrogens is 2. The molecule has 1 atom stereocenters. The first kappa shape index (κ1) is 19.6. The van der Waals surface area contributed by atoms with Crippen LogP contribution in [0.1, 0.15) is 24.0 Å². The number of benzene rings is 1. The molecule has 2 N–H and O–H groups in total. The Labute approximate surface area is 161 Å². The maximum atomic E-state index is 13.8. The lowest BCUT2D eigenvalue weighted by Crippen LogP contribution is -2.48. The molecule has 148 valence electrons. The van der Waals surface area contributed by atoms with Gasteiger partial charge in [0.2, 0.25) is 5.75 Å². The van der Waals surface area contributed by atoms with Crippen LogP contribution in [0.3, 0.4) is 0 Å². The highest BCUT2D eigenvalue weighted by molar-refractivity contribution is 5.53. The van der Waals surface area contributed by atoms with Gasteiger partial charge in [0.1, 0.15) is 5.82 Å². The zero-order valence-electron chi connectivity index (χ0n) is 15.8. The monoisotopic (exact) mass is 387 g/mol. The normalized spacial score (nSPS) is 16.7. The van der Waals surface area contributed by atoms with Crippen molar-refractivity contribution < 1.29 is 9.13 Å². The third kappa shape index (κ3) is 3.51. The molecule has 0 saturated carbocycles. The van der Waals surface area contributed by atoms with Crippen LogP contribution >= 0.6 is 0 Å². The molecule has 28 heavy (non-hydrogen) atoms. The number of ether oxygens (including phenoxy) is 1. The molecule has 0 bridgehead atoms. The summed E-state index contributed by atoms with van der Waals surface area (Å²) < 4.78 is 21.4. The fraction of sp³-hybridized carbons (Fsp3) is 0.421. The number of rotatable bonds is 4. The summed E-state index contributed by atoms with van der Waals surface area (Å²) in [7, 11) is 2.72. The van der Waals surface area contributed by atoms with E-state index in [1.54, 1.807) is 0 Å². The molecule has 2 heterocycles. The number of piperidine rings is 1. The maximum Gasteiger partial charge on any atom is 0.332 e. The minimum absolute atomic E-state index is 0.0195. The van der Waals surface area contributed by atoms with E-state index in [2.05, 4.69) is 0 Å². The van der Waals surface area contributed by atoms with Gasteiger partial charge >= 0.3 is 11.2 Å². The molecular weight excluding hydrogens is 365 g/mol. The van der Waals surface area contributed by atoms with Crippen molar-refractivity contribution in [3.8, 4) is 11.8 Å². The van der Waals surface area contributed by atoms with Crippen molar-refractivity contribution in [1.82, 2.24) is 9.13 Å². The van der Waals surface area contributed by atoms with Crippen molar-refractivity contribution >= 4 is 5.82 Å². The quantitative estimate of drug-likeness (QED) is 0.821. The summed E-state index contributed by atoms with van der Waals surface area (Å²) in [5, 5.41) is 9.34. The largest absolute Gasteiger partial charge is 0.489 e. The van der Waals surface area contributed by atoms with Crippen LogP contribution in [0.2, 0.25) is 0 Å². The molecule has 1 aliphatic rings. The van der Waals surface area contributed by atoms with Gasteiger partial charge in [0.15, 0.2) is 5.82 Å². The third-order valence-electron chi connectivity index (χ3n) is 4.95. The van der Waals surface area contributed by atoms with Gasteiger partial charge in [0.25, 0.3) is 0 Å². The lowest BCUT2D eigenvalue weighted by atomic mass is 10.1. The number of nitrogens with zero attached hydrogens (tertiary/aromatic N) is 4. The van der Waals surface area contributed by atoms with Gasteiger partial charge < -0.3 is 15.4 Å². The number of nitrogens with two attached hydrogens (primary N) is 1. The van der Waals surface area contributed by atoms with Crippen LogP contribution in [0, 0.1) is 17.1 Å². The van der Waals surface area contributed by atoms with Crippen LogP contribution < -0.4 is 26.6 Å².